The van der Waals surface area contributed by atoms with Gasteiger partial charge in [-0.1, -0.05) is 49.3 Å². The van der Waals surface area contributed by atoms with Crippen molar-refractivity contribution < 1.29 is 4.52 Å². The summed E-state index contributed by atoms with van der Waals surface area (Å²) in [6.07, 6.45) is 1.84. The second kappa shape index (κ2) is 5.53. The van der Waals surface area contributed by atoms with Crippen LogP contribution in [0.5, 0.6) is 0 Å². The van der Waals surface area contributed by atoms with Crippen LogP contribution in [0.2, 0.25) is 0 Å². The Balaban J connectivity index is 2.49. The van der Waals surface area contributed by atoms with Crippen molar-refractivity contribution in [2.75, 3.05) is 0 Å². The van der Waals surface area contributed by atoms with Crippen molar-refractivity contribution in [1.82, 2.24) is 10.1 Å². The zero-order chi connectivity index (χ0) is 13.9. The lowest BCUT2D eigenvalue weighted by Gasteiger charge is -2.28. The van der Waals surface area contributed by atoms with Crippen LogP contribution in [-0.2, 0) is 5.41 Å². The molecule has 0 bridgehead atoms. The largest absolute Gasteiger partial charge is 0.338 e. The molecule has 0 unspecified atom stereocenters. The van der Waals surface area contributed by atoms with E-state index in [9.17, 15) is 0 Å². The Labute approximate surface area is 114 Å². The third-order valence-corrected chi connectivity index (χ3v) is 3.79. The summed E-state index contributed by atoms with van der Waals surface area (Å²) < 4.78 is 5.27. The topological polar surface area (TPSA) is 64.9 Å². The van der Waals surface area contributed by atoms with Gasteiger partial charge in [0.2, 0.25) is 5.89 Å². The highest BCUT2D eigenvalue weighted by molar-refractivity contribution is 5.32. The number of hydrogen-bond acceptors (Lipinski definition) is 4. The zero-order valence-corrected chi connectivity index (χ0v) is 11.8. The fourth-order valence-electron chi connectivity index (χ4n) is 2.48. The fourth-order valence-corrected chi connectivity index (χ4v) is 2.48. The summed E-state index contributed by atoms with van der Waals surface area (Å²) in [7, 11) is 0. The lowest BCUT2D eigenvalue weighted by Crippen LogP contribution is -2.27. The molecular formula is C15H21N3O. The molecule has 1 atom stereocenters. The highest BCUT2D eigenvalue weighted by Gasteiger charge is 2.35. The smallest absolute Gasteiger partial charge is 0.243 e. The molecule has 102 valence electrons. The Morgan fingerprint density at radius 1 is 1.21 bits per heavy atom. The summed E-state index contributed by atoms with van der Waals surface area (Å²) in [5.41, 5.74) is 6.82. The van der Waals surface area contributed by atoms with Crippen LogP contribution < -0.4 is 5.73 Å². The van der Waals surface area contributed by atoms with Crippen LogP contribution in [0.4, 0.5) is 0 Å². The lowest BCUT2D eigenvalue weighted by atomic mass is 9.75. The molecule has 2 rings (SSSR count). The number of benzene rings is 1. The van der Waals surface area contributed by atoms with Gasteiger partial charge in [0.1, 0.15) is 0 Å². The van der Waals surface area contributed by atoms with Gasteiger partial charge in [0.15, 0.2) is 5.82 Å². The number of aromatic nitrogens is 2. The summed E-state index contributed by atoms with van der Waals surface area (Å²) in [6.45, 7) is 6.15. The minimum absolute atomic E-state index is 0.197. The predicted molar refractivity (Wildman–Crippen MR) is 74.7 cm³/mol. The first-order valence-electron chi connectivity index (χ1n) is 6.79. The molecule has 4 nitrogen and oxygen atoms in total. The van der Waals surface area contributed by atoms with Crippen LogP contribution in [-0.4, -0.2) is 10.1 Å². The van der Waals surface area contributed by atoms with Crippen LogP contribution in [0.3, 0.4) is 0 Å². The van der Waals surface area contributed by atoms with Gasteiger partial charge in [-0.15, -0.1) is 0 Å². The molecule has 0 spiro atoms. The van der Waals surface area contributed by atoms with E-state index in [0.717, 1.165) is 18.7 Å². The van der Waals surface area contributed by atoms with E-state index < -0.39 is 0 Å². The fraction of sp³-hybridized carbons (Fsp3) is 0.467. The molecule has 0 amide bonds. The summed E-state index contributed by atoms with van der Waals surface area (Å²) in [5.74, 6) is 1.23. The van der Waals surface area contributed by atoms with Gasteiger partial charge in [-0.25, -0.2) is 0 Å². The van der Waals surface area contributed by atoms with E-state index in [1.54, 1.807) is 0 Å². The molecule has 4 heteroatoms. The van der Waals surface area contributed by atoms with Crippen LogP contribution in [0, 0.1) is 0 Å². The predicted octanol–water partition coefficient (Wildman–Crippen LogP) is 3.20. The van der Waals surface area contributed by atoms with Gasteiger partial charge >= 0.3 is 0 Å². The minimum atomic E-state index is -0.233. The molecule has 1 heterocycles. The minimum Gasteiger partial charge on any atom is -0.338 e. The first-order valence-corrected chi connectivity index (χ1v) is 6.79. The average molecular weight is 259 g/mol. The second-order valence-corrected chi connectivity index (χ2v) is 4.90. The molecular weight excluding hydrogens is 238 g/mol. The van der Waals surface area contributed by atoms with E-state index in [4.69, 9.17) is 10.3 Å². The standard InChI is InChI=1S/C15H21N3O/c1-4-15(5-2,12-9-7-6-8-10-12)14-17-13(11(3)16)19-18-14/h6-11H,4-5,16H2,1-3H3/t11-/m0/s1. The SMILES string of the molecule is CCC(CC)(c1ccccc1)c1noc([C@H](C)N)n1. The van der Waals surface area contributed by atoms with Crippen molar-refractivity contribution >= 4 is 0 Å². The number of rotatable bonds is 5. The molecule has 0 saturated heterocycles. The molecule has 0 saturated carbocycles. The normalized spacial score (nSPS) is 13.5. The average Bonchev–Trinajstić information content (AvgIpc) is 2.93. The highest BCUT2D eigenvalue weighted by atomic mass is 16.5. The van der Waals surface area contributed by atoms with Crippen LogP contribution >= 0.6 is 0 Å². The van der Waals surface area contributed by atoms with Crippen molar-refractivity contribution in [1.29, 1.82) is 0 Å². The summed E-state index contributed by atoms with van der Waals surface area (Å²) >= 11 is 0. The van der Waals surface area contributed by atoms with Gasteiger partial charge in [-0.3, -0.25) is 0 Å². The summed E-state index contributed by atoms with van der Waals surface area (Å²) in [4.78, 5) is 4.50. The third kappa shape index (κ3) is 2.40. The third-order valence-electron chi connectivity index (χ3n) is 3.79. The van der Waals surface area contributed by atoms with Crippen molar-refractivity contribution in [3.63, 3.8) is 0 Å². The lowest BCUT2D eigenvalue weighted by molar-refractivity contribution is 0.342. The molecule has 0 aliphatic rings. The highest BCUT2D eigenvalue weighted by Crippen LogP contribution is 2.37. The van der Waals surface area contributed by atoms with E-state index in [0.29, 0.717) is 5.89 Å². The van der Waals surface area contributed by atoms with Crippen LogP contribution in [0.15, 0.2) is 34.9 Å². The van der Waals surface area contributed by atoms with E-state index in [2.05, 4.69) is 36.1 Å². The maximum atomic E-state index is 5.80. The van der Waals surface area contributed by atoms with Gasteiger partial charge in [0, 0.05) is 0 Å². The molecule has 2 N–H and O–H groups in total. The molecule has 1 aromatic heterocycles. The summed E-state index contributed by atoms with van der Waals surface area (Å²) in [5, 5.41) is 4.16. The number of nitrogens with zero attached hydrogens (tertiary/aromatic N) is 2. The van der Waals surface area contributed by atoms with Gasteiger partial charge < -0.3 is 10.3 Å². The Morgan fingerprint density at radius 3 is 2.32 bits per heavy atom. The maximum absolute atomic E-state index is 5.80. The van der Waals surface area contributed by atoms with Crippen molar-refractivity contribution in [2.24, 2.45) is 5.73 Å². The van der Waals surface area contributed by atoms with Crippen LogP contribution in [0.25, 0.3) is 0 Å². The van der Waals surface area contributed by atoms with Gasteiger partial charge in [0.05, 0.1) is 11.5 Å². The van der Waals surface area contributed by atoms with Gasteiger partial charge in [-0.05, 0) is 25.3 Å². The Bertz CT molecular complexity index is 515. The first-order chi connectivity index (χ1) is 9.14. The van der Waals surface area contributed by atoms with E-state index in [1.807, 2.05) is 25.1 Å². The quantitative estimate of drug-likeness (QED) is 0.895. The van der Waals surface area contributed by atoms with Crippen LogP contribution in [0.1, 0.15) is 56.9 Å². The zero-order valence-electron chi connectivity index (χ0n) is 11.8. The number of nitrogens with two attached hydrogens (primary N) is 1. The Hall–Kier alpha value is -1.68. The van der Waals surface area contributed by atoms with E-state index in [1.165, 1.54) is 5.56 Å². The summed E-state index contributed by atoms with van der Waals surface area (Å²) in [6, 6.07) is 10.1. The van der Waals surface area contributed by atoms with E-state index >= 15 is 0 Å². The van der Waals surface area contributed by atoms with Crippen molar-refractivity contribution in [3.05, 3.63) is 47.6 Å². The number of hydrogen-bond donors (Lipinski definition) is 1. The van der Waals surface area contributed by atoms with Crippen molar-refractivity contribution in [2.45, 2.75) is 45.1 Å². The molecule has 19 heavy (non-hydrogen) atoms. The van der Waals surface area contributed by atoms with Gasteiger partial charge in [0.25, 0.3) is 0 Å². The molecule has 1 aromatic carbocycles. The molecule has 0 fully saturated rings. The molecule has 0 aliphatic heterocycles. The van der Waals surface area contributed by atoms with E-state index in [-0.39, 0.29) is 11.5 Å². The maximum Gasteiger partial charge on any atom is 0.243 e. The Morgan fingerprint density at radius 2 is 1.84 bits per heavy atom. The second-order valence-electron chi connectivity index (χ2n) is 4.90. The first kappa shape index (κ1) is 13.7. The van der Waals surface area contributed by atoms with Gasteiger partial charge in [-0.2, -0.15) is 4.98 Å². The molecule has 0 aliphatic carbocycles. The monoisotopic (exact) mass is 259 g/mol. The molecule has 2 aromatic rings. The Kier molecular flexibility index (Phi) is 4.00. The molecule has 0 radical (unpaired) electrons. The van der Waals surface area contributed by atoms with Crippen molar-refractivity contribution in [3.8, 4) is 0 Å².